The Morgan fingerprint density at radius 1 is 1.40 bits per heavy atom. The number of rotatable bonds is 0. The monoisotopic (exact) mass is 320 g/mol. The third-order valence-electron chi connectivity index (χ3n) is 1.94. The highest BCUT2D eigenvalue weighted by Gasteiger charge is 1.98. The summed E-state index contributed by atoms with van der Waals surface area (Å²) in [5.41, 5.74) is 2.32. The Bertz CT molecular complexity index is 359. The number of imidazole rings is 2. The number of aromatic nitrogens is 4. The molecule has 2 heterocycles. The van der Waals surface area contributed by atoms with Crippen molar-refractivity contribution in [3.05, 3.63) is 36.4 Å². The van der Waals surface area contributed by atoms with Gasteiger partial charge in [-0.1, -0.05) is 0 Å². The molecule has 84 valence electrons. The van der Waals surface area contributed by atoms with Crippen LogP contribution < -0.4 is 28.5 Å². The Labute approximate surface area is 107 Å². The lowest BCUT2D eigenvalue weighted by Crippen LogP contribution is -3.00. The van der Waals surface area contributed by atoms with Gasteiger partial charge in [0.25, 0.3) is 0 Å². The minimum atomic E-state index is 0. The summed E-state index contributed by atoms with van der Waals surface area (Å²) >= 11 is 0. The van der Waals surface area contributed by atoms with Crippen LogP contribution in [0.1, 0.15) is 11.4 Å². The zero-order chi connectivity index (χ0) is 10.6. The molecule has 5 heteroatoms. The van der Waals surface area contributed by atoms with E-state index < -0.39 is 0 Å². The lowest BCUT2D eigenvalue weighted by Gasteiger charge is -1.78. The molecule has 0 bridgehead atoms. The van der Waals surface area contributed by atoms with Crippen molar-refractivity contribution in [2.75, 3.05) is 0 Å². The van der Waals surface area contributed by atoms with Crippen molar-refractivity contribution in [3.63, 3.8) is 0 Å². The van der Waals surface area contributed by atoms with Crippen LogP contribution in [-0.4, -0.2) is 14.5 Å². The number of halogens is 1. The molecule has 0 aromatic carbocycles. The molecule has 4 nitrogen and oxygen atoms in total. The molecule has 2 aromatic rings. The predicted octanol–water partition coefficient (Wildman–Crippen LogP) is -2.12. The first-order valence-electron chi connectivity index (χ1n) is 4.53. The first kappa shape index (κ1) is 14.2. The van der Waals surface area contributed by atoms with Gasteiger partial charge in [0, 0.05) is 13.1 Å². The van der Waals surface area contributed by atoms with E-state index in [4.69, 9.17) is 0 Å². The number of H-pyrrole nitrogens is 1. The Morgan fingerprint density at radius 3 is 2.20 bits per heavy atom. The lowest BCUT2D eigenvalue weighted by molar-refractivity contribution is -0.671. The predicted molar refractivity (Wildman–Crippen MR) is 54.7 cm³/mol. The van der Waals surface area contributed by atoms with Crippen molar-refractivity contribution in [3.8, 4) is 0 Å². The summed E-state index contributed by atoms with van der Waals surface area (Å²) in [5, 5.41) is 0. The van der Waals surface area contributed by atoms with E-state index >= 15 is 0 Å². The fourth-order valence-corrected chi connectivity index (χ4v) is 1.12. The summed E-state index contributed by atoms with van der Waals surface area (Å²) < 4.78 is 4.12. The summed E-state index contributed by atoms with van der Waals surface area (Å²) in [6.45, 7) is 4.02. The van der Waals surface area contributed by atoms with Crippen LogP contribution in [0.4, 0.5) is 0 Å². The zero-order valence-electron chi connectivity index (χ0n) is 9.53. The van der Waals surface area contributed by atoms with E-state index in [1.165, 1.54) is 5.69 Å². The molecule has 0 radical (unpaired) electrons. The summed E-state index contributed by atoms with van der Waals surface area (Å²) in [6, 6.07) is 0. The van der Waals surface area contributed by atoms with Gasteiger partial charge in [-0.3, -0.25) is 0 Å². The van der Waals surface area contributed by atoms with Gasteiger partial charge < -0.3 is 29.0 Å². The summed E-state index contributed by atoms with van der Waals surface area (Å²) in [5.74, 6) is 0. The number of aromatic amines is 1. The summed E-state index contributed by atoms with van der Waals surface area (Å²) in [7, 11) is 4.06. The molecule has 0 atom stereocenters. The Kier molecular flexibility index (Phi) is 6.23. The summed E-state index contributed by atoms with van der Waals surface area (Å²) in [6.07, 6.45) is 7.63. The minimum absolute atomic E-state index is 0. The number of hydrogen-bond donors (Lipinski definition) is 1. The van der Waals surface area contributed by atoms with Crippen molar-refractivity contribution in [1.29, 1.82) is 0 Å². The fraction of sp³-hybridized carbons (Fsp3) is 0.400. The van der Waals surface area contributed by atoms with Gasteiger partial charge in [-0.05, 0) is 6.92 Å². The van der Waals surface area contributed by atoms with Gasteiger partial charge in [-0.15, -0.1) is 0 Å². The highest BCUT2D eigenvalue weighted by atomic mass is 127. The van der Waals surface area contributed by atoms with E-state index in [0.29, 0.717) is 0 Å². The second-order valence-electron chi connectivity index (χ2n) is 3.37. The molecule has 0 aliphatic heterocycles. The molecule has 1 N–H and O–H groups in total. The van der Waals surface area contributed by atoms with Gasteiger partial charge in [0.05, 0.1) is 26.1 Å². The maximum absolute atomic E-state index is 3.86. The molecular formula is C10H17IN4. The second kappa shape index (κ2) is 6.60. The molecule has 0 aliphatic rings. The van der Waals surface area contributed by atoms with Crippen molar-refractivity contribution in [2.45, 2.75) is 13.8 Å². The molecule has 2 aromatic heterocycles. The van der Waals surface area contributed by atoms with Crippen LogP contribution in [-0.2, 0) is 14.1 Å². The van der Waals surface area contributed by atoms with E-state index in [1.807, 2.05) is 38.1 Å². The van der Waals surface area contributed by atoms with E-state index in [9.17, 15) is 0 Å². The van der Waals surface area contributed by atoms with E-state index in [-0.39, 0.29) is 24.0 Å². The third kappa shape index (κ3) is 4.96. The standard InChI is InChI=1S/C6H11N2.C4H6N2.HI/c1-6-4-7(2)5-8(6)3;1-4-2-5-3-6-4;/h4-5H,1-3H3;2-3H,1H3,(H,5,6);1H/q+1;;/p-1. The van der Waals surface area contributed by atoms with E-state index in [1.54, 1.807) is 6.33 Å². The third-order valence-corrected chi connectivity index (χ3v) is 1.94. The fourth-order valence-electron chi connectivity index (χ4n) is 1.12. The van der Waals surface area contributed by atoms with E-state index in [0.717, 1.165) is 5.69 Å². The molecule has 0 spiro atoms. The van der Waals surface area contributed by atoms with Crippen LogP contribution in [0.5, 0.6) is 0 Å². The SMILES string of the molecule is Cc1c[n+](C)cn1C.Cc1c[nH]cn1.[I-]. The Morgan fingerprint density at radius 2 is 2.07 bits per heavy atom. The molecule has 0 aliphatic carbocycles. The number of nitrogens with one attached hydrogen (secondary N) is 1. The molecule has 15 heavy (non-hydrogen) atoms. The van der Waals surface area contributed by atoms with Gasteiger partial charge in [-0.25, -0.2) is 14.1 Å². The van der Waals surface area contributed by atoms with Gasteiger partial charge in [0.15, 0.2) is 0 Å². The highest BCUT2D eigenvalue weighted by molar-refractivity contribution is 4.88. The topological polar surface area (TPSA) is 37.5 Å². The first-order valence-corrected chi connectivity index (χ1v) is 4.53. The first-order chi connectivity index (χ1) is 6.59. The van der Waals surface area contributed by atoms with Gasteiger partial charge >= 0.3 is 0 Å². The van der Waals surface area contributed by atoms with Crippen LogP contribution in [0.15, 0.2) is 25.0 Å². The van der Waals surface area contributed by atoms with Crippen LogP contribution in [0.3, 0.4) is 0 Å². The highest BCUT2D eigenvalue weighted by Crippen LogP contribution is 1.87. The maximum Gasteiger partial charge on any atom is 0.243 e. The summed E-state index contributed by atoms with van der Waals surface area (Å²) in [4.78, 5) is 6.68. The number of hydrogen-bond acceptors (Lipinski definition) is 1. The Hall–Kier alpha value is -0.850. The van der Waals surface area contributed by atoms with Gasteiger partial charge in [0.1, 0.15) is 11.9 Å². The quantitative estimate of drug-likeness (QED) is 0.437. The number of aryl methyl sites for hydroxylation is 4. The normalized spacial score (nSPS) is 8.80. The molecular weight excluding hydrogens is 303 g/mol. The Balaban J connectivity index is 0.000000253. The van der Waals surface area contributed by atoms with Gasteiger partial charge in [-0.2, -0.15) is 0 Å². The smallest absolute Gasteiger partial charge is 0.243 e. The maximum atomic E-state index is 3.86. The molecule has 0 fully saturated rings. The van der Waals surface area contributed by atoms with Crippen molar-refractivity contribution < 1.29 is 28.5 Å². The average Bonchev–Trinajstić information content (AvgIpc) is 2.65. The lowest BCUT2D eigenvalue weighted by atomic mass is 10.5. The molecule has 0 saturated heterocycles. The molecule has 0 saturated carbocycles. The van der Waals surface area contributed by atoms with Crippen molar-refractivity contribution in [2.24, 2.45) is 14.1 Å². The van der Waals surface area contributed by atoms with Crippen LogP contribution in [0.25, 0.3) is 0 Å². The van der Waals surface area contributed by atoms with Gasteiger partial charge in [0.2, 0.25) is 6.33 Å². The largest absolute Gasteiger partial charge is 1.00 e. The second-order valence-corrected chi connectivity index (χ2v) is 3.37. The van der Waals surface area contributed by atoms with E-state index in [2.05, 4.69) is 27.7 Å². The van der Waals surface area contributed by atoms with Crippen molar-refractivity contribution in [1.82, 2.24) is 14.5 Å². The van der Waals surface area contributed by atoms with Crippen molar-refractivity contribution >= 4 is 0 Å². The molecule has 0 amide bonds. The zero-order valence-corrected chi connectivity index (χ0v) is 11.7. The average molecular weight is 320 g/mol. The molecule has 2 rings (SSSR count). The van der Waals surface area contributed by atoms with Crippen LogP contribution >= 0.6 is 0 Å². The number of nitrogens with zero attached hydrogens (tertiary/aromatic N) is 3. The van der Waals surface area contributed by atoms with Crippen LogP contribution in [0.2, 0.25) is 0 Å². The minimum Gasteiger partial charge on any atom is -1.00 e. The van der Waals surface area contributed by atoms with Crippen LogP contribution in [0, 0.1) is 13.8 Å². The molecule has 0 unspecified atom stereocenters.